The molecule has 0 bridgehead atoms. The van der Waals surface area contributed by atoms with E-state index >= 15 is 0 Å². The van der Waals surface area contributed by atoms with Crippen LogP contribution in [0.2, 0.25) is 10.0 Å². The van der Waals surface area contributed by atoms with Gasteiger partial charge in [-0.2, -0.15) is 0 Å². The number of hydrogen-bond acceptors (Lipinski definition) is 2. The second-order valence-electron chi connectivity index (χ2n) is 4.68. The maximum atomic E-state index is 6.13. The molecule has 0 aliphatic carbocycles. The van der Waals surface area contributed by atoms with E-state index in [-0.39, 0.29) is 5.54 Å². The van der Waals surface area contributed by atoms with Gasteiger partial charge in [0, 0.05) is 23.2 Å². The lowest BCUT2D eigenvalue weighted by Gasteiger charge is -2.21. The number of nitrogens with one attached hydrogen (secondary N) is 1. The average Bonchev–Trinajstić information content (AvgIpc) is 2.17. The fraction of sp³-hybridized carbons (Fsp3) is 0.500. The Bertz CT molecular complexity index is 372. The van der Waals surface area contributed by atoms with Gasteiger partial charge in [0.1, 0.15) is 5.75 Å². The van der Waals surface area contributed by atoms with Crippen LogP contribution in [0, 0.1) is 0 Å². The number of benzene rings is 1. The second-order valence-corrected chi connectivity index (χ2v) is 5.50. The van der Waals surface area contributed by atoms with Crippen molar-refractivity contribution >= 4 is 23.2 Å². The molecule has 0 unspecified atom stereocenters. The van der Waals surface area contributed by atoms with E-state index < -0.39 is 0 Å². The Morgan fingerprint density at radius 3 is 2.31 bits per heavy atom. The minimum absolute atomic E-state index is 0.0513. The summed E-state index contributed by atoms with van der Waals surface area (Å²) in [4.78, 5) is 0. The molecule has 1 aromatic rings. The standard InChI is InChI=1S/C12H17Cl2NO/c1-12(2,3)15-7-8-5-10(14)11(16-4)6-9(8)13/h5-6,15H,7H2,1-4H3. The first-order valence-electron chi connectivity index (χ1n) is 5.10. The molecule has 0 fully saturated rings. The predicted octanol–water partition coefficient (Wildman–Crippen LogP) is 3.89. The lowest BCUT2D eigenvalue weighted by atomic mass is 10.1. The highest BCUT2D eigenvalue weighted by Crippen LogP contribution is 2.31. The van der Waals surface area contributed by atoms with E-state index in [0.29, 0.717) is 22.3 Å². The molecular formula is C12H17Cl2NO. The van der Waals surface area contributed by atoms with Gasteiger partial charge in [-0.3, -0.25) is 0 Å². The van der Waals surface area contributed by atoms with Crippen LogP contribution in [0.15, 0.2) is 12.1 Å². The third-order valence-corrected chi connectivity index (χ3v) is 2.78. The predicted molar refractivity (Wildman–Crippen MR) is 69.6 cm³/mol. The van der Waals surface area contributed by atoms with Crippen LogP contribution < -0.4 is 10.1 Å². The van der Waals surface area contributed by atoms with Gasteiger partial charge >= 0.3 is 0 Å². The zero-order valence-electron chi connectivity index (χ0n) is 10.0. The zero-order valence-corrected chi connectivity index (χ0v) is 11.5. The maximum absolute atomic E-state index is 6.13. The summed E-state index contributed by atoms with van der Waals surface area (Å²) in [6.07, 6.45) is 0. The van der Waals surface area contributed by atoms with E-state index in [1.807, 2.05) is 6.07 Å². The van der Waals surface area contributed by atoms with Crippen molar-refractivity contribution in [3.8, 4) is 5.75 Å². The Kier molecular flexibility index (Phi) is 4.48. The van der Waals surface area contributed by atoms with E-state index in [1.54, 1.807) is 13.2 Å². The zero-order chi connectivity index (χ0) is 12.3. The van der Waals surface area contributed by atoms with Gasteiger partial charge in [0.2, 0.25) is 0 Å². The molecule has 0 aromatic heterocycles. The first-order valence-corrected chi connectivity index (χ1v) is 5.86. The molecule has 2 nitrogen and oxygen atoms in total. The van der Waals surface area contributed by atoms with E-state index in [2.05, 4.69) is 26.1 Å². The van der Waals surface area contributed by atoms with Crippen LogP contribution in [0.5, 0.6) is 5.75 Å². The summed E-state index contributed by atoms with van der Waals surface area (Å²) in [5.74, 6) is 0.603. The maximum Gasteiger partial charge on any atom is 0.138 e. The summed E-state index contributed by atoms with van der Waals surface area (Å²) < 4.78 is 5.09. The summed E-state index contributed by atoms with van der Waals surface area (Å²) in [5.41, 5.74) is 1.03. The van der Waals surface area contributed by atoms with Crippen LogP contribution in [0.3, 0.4) is 0 Å². The summed E-state index contributed by atoms with van der Waals surface area (Å²) in [6, 6.07) is 3.57. The van der Waals surface area contributed by atoms with Crippen LogP contribution in [-0.2, 0) is 6.54 Å². The minimum Gasteiger partial charge on any atom is -0.495 e. The Hall–Kier alpha value is -0.440. The van der Waals surface area contributed by atoms with E-state index in [0.717, 1.165) is 5.56 Å². The number of halogens is 2. The molecular weight excluding hydrogens is 245 g/mol. The molecule has 16 heavy (non-hydrogen) atoms. The molecule has 0 amide bonds. The largest absolute Gasteiger partial charge is 0.495 e. The van der Waals surface area contributed by atoms with Gasteiger partial charge in [-0.25, -0.2) is 0 Å². The normalized spacial score (nSPS) is 11.6. The molecule has 0 aliphatic heterocycles. The Morgan fingerprint density at radius 1 is 1.19 bits per heavy atom. The minimum atomic E-state index is 0.0513. The van der Waals surface area contributed by atoms with Crippen LogP contribution in [0.1, 0.15) is 26.3 Å². The monoisotopic (exact) mass is 261 g/mol. The van der Waals surface area contributed by atoms with Gasteiger partial charge in [0.05, 0.1) is 12.1 Å². The van der Waals surface area contributed by atoms with Crippen molar-refractivity contribution in [2.75, 3.05) is 7.11 Å². The van der Waals surface area contributed by atoms with E-state index in [1.165, 1.54) is 0 Å². The smallest absolute Gasteiger partial charge is 0.138 e. The Morgan fingerprint density at radius 2 is 1.81 bits per heavy atom. The Labute approximate surface area is 107 Å². The highest BCUT2D eigenvalue weighted by molar-refractivity contribution is 6.34. The molecule has 0 atom stereocenters. The molecule has 0 spiro atoms. The lowest BCUT2D eigenvalue weighted by Crippen LogP contribution is -2.35. The van der Waals surface area contributed by atoms with Gasteiger partial charge in [0.15, 0.2) is 0 Å². The van der Waals surface area contributed by atoms with Crippen molar-refractivity contribution < 1.29 is 4.74 Å². The highest BCUT2D eigenvalue weighted by atomic mass is 35.5. The van der Waals surface area contributed by atoms with Gasteiger partial charge in [-0.05, 0) is 32.4 Å². The Balaban J connectivity index is 2.86. The highest BCUT2D eigenvalue weighted by Gasteiger charge is 2.12. The molecule has 1 rings (SSSR count). The summed E-state index contributed by atoms with van der Waals surface area (Å²) in [7, 11) is 1.57. The van der Waals surface area contributed by atoms with E-state index in [9.17, 15) is 0 Å². The third-order valence-electron chi connectivity index (χ3n) is 2.13. The fourth-order valence-corrected chi connectivity index (χ4v) is 1.71. The molecule has 0 heterocycles. The molecule has 4 heteroatoms. The third kappa shape index (κ3) is 3.85. The first-order chi connectivity index (χ1) is 7.33. The molecule has 0 aliphatic rings. The molecule has 1 aromatic carbocycles. The lowest BCUT2D eigenvalue weighted by molar-refractivity contribution is 0.413. The number of hydrogen-bond donors (Lipinski definition) is 1. The quantitative estimate of drug-likeness (QED) is 0.892. The SMILES string of the molecule is COc1cc(Cl)c(CNC(C)(C)C)cc1Cl. The van der Waals surface area contributed by atoms with Crippen LogP contribution >= 0.6 is 23.2 Å². The summed E-state index contributed by atoms with van der Waals surface area (Å²) >= 11 is 12.2. The topological polar surface area (TPSA) is 21.3 Å². The number of rotatable bonds is 3. The van der Waals surface area contributed by atoms with Crippen molar-refractivity contribution in [1.82, 2.24) is 5.32 Å². The average molecular weight is 262 g/mol. The van der Waals surface area contributed by atoms with Gasteiger partial charge < -0.3 is 10.1 Å². The van der Waals surface area contributed by atoms with Crippen LogP contribution in [0.4, 0.5) is 0 Å². The first kappa shape index (κ1) is 13.6. The van der Waals surface area contributed by atoms with E-state index in [4.69, 9.17) is 27.9 Å². The number of ether oxygens (including phenoxy) is 1. The number of methoxy groups -OCH3 is 1. The fourth-order valence-electron chi connectivity index (χ4n) is 1.22. The van der Waals surface area contributed by atoms with Crippen LogP contribution in [0.25, 0.3) is 0 Å². The molecule has 0 saturated carbocycles. The molecule has 90 valence electrons. The van der Waals surface area contributed by atoms with Crippen molar-refractivity contribution in [3.05, 3.63) is 27.7 Å². The van der Waals surface area contributed by atoms with Gasteiger partial charge in [-0.15, -0.1) is 0 Å². The van der Waals surface area contributed by atoms with Crippen molar-refractivity contribution in [3.63, 3.8) is 0 Å². The van der Waals surface area contributed by atoms with Crippen molar-refractivity contribution in [2.45, 2.75) is 32.9 Å². The van der Waals surface area contributed by atoms with Gasteiger partial charge in [-0.1, -0.05) is 23.2 Å². The van der Waals surface area contributed by atoms with Gasteiger partial charge in [0.25, 0.3) is 0 Å². The van der Waals surface area contributed by atoms with Crippen molar-refractivity contribution in [1.29, 1.82) is 0 Å². The van der Waals surface area contributed by atoms with Crippen LogP contribution in [-0.4, -0.2) is 12.6 Å². The molecule has 1 N–H and O–H groups in total. The molecule has 0 saturated heterocycles. The summed E-state index contributed by atoms with van der Waals surface area (Å²) in [6.45, 7) is 7.00. The van der Waals surface area contributed by atoms with Crippen molar-refractivity contribution in [2.24, 2.45) is 0 Å². The second kappa shape index (κ2) is 5.26. The molecule has 0 radical (unpaired) electrons. The summed E-state index contributed by atoms with van der Waals surface area (Å²) in [5, 5.41) is 4.61.